The predicted molar refractivity (Wildman–Crippen MR) is 204 cm³/mol. The van der Waals surface area contributed by atoms with Gasteiger partial charge in [-0.25, -0.2) is 29.4 Å². The van der Waals surface area contributed by atoms with Gasteiger partial charge < -0.3 is 30.0 Å². The number of nitrogens with zero attached hydrogens (tertiary/aromatic N) is 6. The van der Waals surface area contributed by atoms with Crippen molar-refractivity contribution in [3.8, 4) is 5.75 Å². The number of azo groups is 1. The van der Waals surface area contributed by atoms with Crippen molar-refractivity contribution in [2.45, 2.75) is 26.0 Å². The molecule has 0 unspecified atom stereocenters. The van der Waals surface area contributed by atoms with Gasteiger partial charge in [-0.2, -0.15) is 31.8 Å². The molecule has 5 rings (SSSR count). The van der Waals surface area contributed by atoms with Crippen molar-refractivity contribution in [1.29, 1.82) is 0 Å². The normalized spacial score (nSPS) is 12.4. The van der Waals surface area contributed by atoms with Crippen LogP contribution in [0.25, 0.3) is 10.8 Å². The molecule has 1 aromatic heterocycles. The summed E-state index contributed by atoms with van der Waals surface area (Å²) in [6.07, 6.45) is -0.576. The van der Waals surface area contributed by atoms with Crippen molar-refractivity contribution >= 4 is 114 Å². The number of aromatic nitrogens is 3. The first kappa shape index (κ1) is 61.5. The van der Waals surface area contributed by atoms with E-state index in [0.29, 0.717) is 18.2 Å². The number of sulfone groups is 1. The van der Waals surface area contributed by atoms with Gasteiger partial charge in [0.05, 0.1) is 38.4 Å². The fourth-order valence-corrected chi connectivity index (χ4v) is 8.50. The molecule has 1 heterocycles. The summed E-state index contributed by atoms with van der Waals surface area (Å²) < 4.78 is 165. The molecule has 326 valence electrons. The average Bonchev–Trinajstić information content (AvgIpc) is 3.12. The van der Waals surface area contributed by atoms with Gasteiger partial charge in [0.1, 0.15) is 30.8 Å². The molecule has 0 radical (unpaired) electrons. The maximum absolute atomic E-state index is 13.8. The summed E-state index contributed by atoms with van der Waals surface area (Å²) >= 11 is 6.00. The largest absolute Gasteiger partial charge is 1.00 e. The minimum absolute atomic E-state index is 0. The Morgan fingerprint density at radius 3 is 2.00 bits per heavy atom. The molecule has 0 aliphatic carbocycles. The van der Waals surface area contributed by atoms with Crippen molar-refractivity contribution in [1.82, 2.24) is 15.0 Å². The van der Waals surface area contributed by atoms with E-state index in [-0.39, 0.29) is 147 Å². The second kappa shape index (κ2) is 24.8. The molecule has 0 fully saturated rings. The quantitative estimate of drug-likeness (QED) is 0.0221. The SMILES string of the molecule is O=S(=O)(O)OCCS(=O)(=O)c1cccc(Nc2nc(Cl)nc(NCCC([O-])=Nc3cc(S(=O)(=O)[O-])cc4cc(S(=O)(=O)O)c(N=Nc5ccccc5S(=O)(=O)[O-])c([O-])c34)n2)c1.[Na+].[Na+].[Na+].[Na+]. The van der Waals surface area contributed by atoms with E-state index in [1.54, 1.807) is 0 Å². The van der Waals surface area contributed by atoms with E-state index in [4.69, 9.17) is 16.2 Å². The Hall–Kier alpha value is -1.54. The Morgan fingerprint density at radius 1 is 0.738 bits per heavy atom. The summed E-state index contributed by atoms with van der Waals surface area (Å²) in [5.41, 5.74) is -2.52. The topological polar surface area (TPSA) is 412 Å². The maximum Gasteiger partial charge on any atom is 1.00 e. The van der Waals surface area contributed by atoms with Gasteiger partial charge in [-0.05, 0) is 77.8 Å². The molecule has 5 aromatic rings. The first-order chi connectivity index (χ1) is 28.2. The molecule has 0 aliphatic rings. The van der Waals surface area contributed by atoms with Gasteiger partial charge in [0, 0.05) is 17.6 Å². The number of fused-ring (bicyclic) bond motifs is 1. The van der Waals surface area contributed by atoms with Crippen LogP contribution in [0.3, 0.4) is 0 Å². The number of halogens is 1. The van der Waals surface area contributed by atoms with Gasteiger partial charge in [0.25, 0.3) is 10.1 Å². The van der Waals surface area contributed by atoms with Crippen molar-refractivity contribution in [2.24, 2.45) is 15.2 Å². The first-order valence-corrected chi connectivity index (χ1v) is 23.7. The van der Waals surface area contributed by atoms with Crippen LogP contribution in [0.1, 0.15) is 6.42 Å². The summed E-state index contributed by atoms with van der Waals surface area (Å²) in [5, 5.41) is 37.4. The molecule has 4 N–H and O–H groups in total. The van der Waals surface area contributed by atoms with Crippen LogP contribution in [0.5, 0.6) is 5.75 Å². The van der Waals surface area contributed by atoms with Crippen molar-refractivity contribution in [3.63, 3.8) is 0 Å². The Morgan fingerprint density at radius 2 is 1.38 bits per heavy atom. The van der Waals surface area contributed by atoms with E-state index in [0.717, 1.165) is 24.3 Å². The van der Waals surface area contributed by atoms with Gasteiger partial charge in [-0.1, -0.05) is 23.9 Å². The summed E-state index contributed by atoms with van der Waals surface area (Å²) in [7, 11) is -24.9. The van der Waals surface area contributed by atoms with Gasteiger partial charge in [0.2, 0.25) is 17.2 Å². The number of anilines is 3. The number of hydrogen-bond donors (Lipinski definition) is 4. The molecule has 0 atom stereocenters. The molecule has 0 saturated carbocycles. The molecule has 0 amide bonds. The van der Waals surface area contributed by atoms with E-state index >= 15 is 0 Å². The zero-order valence-corrected chi connectivity index (χ0v) is 46.6. The second-order valence-electron chi connectivity index (χ2n) is 11.8. The van der Waals surface area contributed by atoms with Crippen LogP contribution >= 0.6 is 11.6 Å². The van der Waals surface area contributed by atoms with Crippen molar-refractivity contribution in [2.75, 3.05) is 29.5 Å². The average molecular weight is 1060 g/mol. The second-order valence-corrected chi connectivity index (χ2v) is 19.5. The molecule has 0 saturated heterocycles. The zero-order chi connectivity index (χ0) is 45.1. The van der Waals surface area contributed by atoms with Gasteiger partial charge >= 0.3 is 129 Å². The van der Waals surface area contributed by atoms with Crippen molar-refractivity contribution < 1.29 is 193 Å². The van der Waals surface area contributed by atoms with Gasteiger partial charge in [-0.15, -0.1) is 10.2 Å². The smallest absolute Gasteiger partial charge is 0.870 e. The molecule has 35 heteroatoms. The molecular weight excluding hydrogens is 1030 g/mol. The van der Waals surface area contributed by atoms with E-state index in [2.05, 4.69) is 45.0 Å². The number of nitrogens with one attached hydrogen (secondary N) is 2. The number of benzene rings is 4. The summed E-state index contributed by atoms with van der Waals surface area (Å²) in [6, 6.07) is 10.8. The van der Waals surface area contributed by atoms with Crippen LogP contribution < -0.4 is 139 Å². The minimum Gasteiger partial charge on any atom is -0.870 e. The van der Waals surface area contributed by atoms with Crippen LogP contribution in [0.15, 0.2) is 102 Å². The van der Waals surface area contributed by atoms with Crippen molar-refractivity contribution in [3.05, 3.63) is 72.0 Å². The Kier molecular flexibility index (Phi) is 23.5. The number of hydrogen-bond acceptors (Lipinski definition) is 23. The molecule has 25 nitrogen and oxygen atoms in total. The Labute approximate surface area is 463 Å². The summed E-state index contributed by atoms with van der Waals surface area (Å²) in [5.74, 6) is -3.87. The molecule has 0 aliphatic heterocycles. The third-order valence-electron chi connectivity index (χ3n) is 7.55. The van der Waals surface area contributed by atoms with E-state index in [9.17, 15) is 66.0 Å². The fourth-order valence-electron chi connectivity index (χ4n) is 5.02. The zero-order valence-electron chi connectivity index (χ0n) is 33.8. The van der Waals surface area contributed by atoms with Crippen LogP contribution in [-0.4, -0.2) is 100 Å². The number of aliphatic imine (C=N–C) groups is 1. The summed E-state index contributed by atoms with van der Waals surface area (Å²) in [6.45, 7) is -1.22. The Bertz CT molecular complexity index is 3210. The molecular formula is C30H23ClN8Na4O17S5. The monoisotopic (exact) mass is 1050 g/mol. The Balaban J connectivity index is 0.00000528. The standard InChI is InChI=1S/C30H27ClN8O17S5.4Na/c31-28-35-29(37-30(36-28)33-17-4-3-5-18(14-17)57(42,43)11-10-56-61(53,54)55)32-9-8-24(40)34-21-15-19(58(44,45)46)12-16-13-23(60(50,51)52)26(27(41)25(16)21)39-38-20-6-1-2-7-22(20)59(47,48)49;;;;/h1-7,12-15,41H,8-11H2,(H,34,40)(H,44,45,46)(H,47,48,49)(H,50,51,52)(H,53,54,55)(H2,32,33,35,36,37);;;;/q;4*+1/p-4. The third kappa shape index (κ3) is 17.4. The van der Waals surface area contributed by atoms with Crippen LogP contribution in [-0.2, 0) is 54.8 Å². The molecule has 0 bridgehead atoms. The summed E-state index contributed by atoms with van der Waals surface area (Å²) in [4.78, 5) is 11.9. The minimum atomic E-state index is -5.40. The van der Waals surface area contributed by atoms with Gasteiger partial charge in [-0.3, -0.25) is 14.1 Å². The van der Waals surface area contributed by atoms with E-state index in [1.807, 2.05) is 0 Å². The van der Waals surface area contributed by atoms with Crippen LogP contribution in [0.4, 0.5) is 34.6 Å². The predicted octanol–water partition coefficient (Wildman–Crippen LogP) is -10.5. The van der Waals surface area contributed by atoms with E-state index in [1.165, 1.54) is 24.3 Å². The van der Waals surface area contributed by atoms with Gasteiger partial charge in [0.15, 0.2) is 9.84 Å². The third-order valence-corrected chi connectivity index (χ3v) is 12.4. The first-order valence-electron chi connectivity index (χ1n) is 16.0. The molecule has 0 spiro atoms. The van der Waals surface area contributed by atoms with E-state index < -0.39 is 129 Å². The molecule has 4 aromatic carbocycles. The number of rotatable bonds is 17. The maximum atomic E-state index is 13.8. The van der Waals surface area contributed by atoms with Crippen LogP contribution in [0, 0.1) is 0 Å². The van der Waals surface area contributed by atoms with Crippen LogP contribution in [0.2, 0.25) is 5.28 Å². The molecule has 65 heavy (non-hydrogen) atoms. The fraction of sp³-hybridized carbons (Fsp3) is 0.133.